The zero-order valence-corrected chi connectivity index (χ0v) is 16.4. The number of esters is 1. The van der Waals surface area contributed by atoms with Crippen LogP contribution in [0.15, 0.2) is 28.8 Å². The average Bonchev–Trinajstić information content (AvgIpc) is 3.12. The van der Waals surface area contributed by atoms with Gasteiger partial charge in [0.15, 0.2) is 5.82 Å². The van der Waals surface area contributed by atoms with Crippen molar-refractivity contribution in [3.05, 3.63) is 47.1 Å². The predicted octanol–water partition coefficient (Wildman–Crippen LogP) is 3.03. The van der Waals surface area contributed by atoms with Crippen LogP contribution in [0.5, 0.6) is 0 Å². The molecule has 146 valence electrons. The topological polar surface area (TPSA) is 85.5 Å². The molecule has 1 heterocycles. The van der Waals surface area contributed by atoms with Crippen molar-refractivity contribution in [3.8, 4) is 0 Å². The van der Waals surface area contributed by atoms with Crippen LogP contribution in [-0.4, -0.2) is 40.6 Å². The Morgan fingerprint density at radius 2 is 2.00 bits per heavy atom. The lowest BCUT2D eigenvalue weighted by Gasteiger charge is -2.22. The van der Waals surface area contributed by atoms with E-state index >= 15 is 0 Å². The molecule has 0 unspecified atom stereocenters. The fourth-order valence-electron chi connectivity index (χ4n) is 2.60. The molecule has 0 aliphatic heterocycles. The molecule has 0 saturated carbocycles. The Hall–Kier alpha value is -2.70. The molecule has 0 bridgehead atoms. The minimum absolute atomic E-state index is 0.0677. The smallest absolute Gasteiger partial charge is 0.325 e. The number of carbonyl (C=O) groups excluding carboxylic acids is 2. The van der Waals surface area contributed by atoms with Crippen LogP contribution >= 0.6 is 0 Å². The third-order valence-corrected chi connectivity index (χ3v) is 4.30. The third kappa shape index (κ3) is 6.20. The van der Waals surface area contributed by atoms with Crippen LogP contribution in [0.2, 0.25) is 0 Å². The van der Waals surface area contributed by atoms with Gasteiger partial charge in [0.2, 0.25) is 11.8 Å². The van der Waals surface area contributed by atoms with Gasteiger partial charge >= 0.3 is 5.97 Å². The molecule has 0 saturated heterocycles. The third-order valence-electron chi connectivity index (χ3n) is 4.30. The van der Waals surface area contributed by atoms with E-state index in [0.29, 0.717) is 37.5 Å². The molecule has 0 radical (unpaired) electrons. The number of carbonyl (C=O) groups is 2. The number of benzene rings is 1. The van der Waals surface area contributed by atoms with Crippen molar-refractivity contribution in [3.63, 3.8) is 0 Å². The largest absolute Gasteiger partial charge is 0.468 e. The van der Waals surface area contributed by atoms with E-state index in [-0.39, 0.29) is 18.4 Å². The number of amides is 1. The van der Waals surface area contributed by atoms with Crippen molar-refractivity contribution in [1.29, 1.82) is 0 Å². The Kier molecular flexibility index (Phi) is 7.52. The first-order valence-electron chi connectivity index (χ1n) is 9.12. The maximum atomic E-state index is 12.7. The van der Waals surface area contributed by atoms with Gasteiger partial charge in [-0.3, -0.25) is 9.59 Å². The highest BCUT2D eigenvalue weighted by Crippen LogP contribution is 2.14. The molecule has 0 N–H and O–H groups in total. The monoisotopic (exact) mass is 373 g/mol. The first-order chi connectivity index (χ1) is 12.9. The normalized spacial score (nSPS) is 10.9. The molecule has 0 atom stereocenters. The summed E-state index contributed by atoms with van der Waals surface area (Å²) < 4.78 is 9.93. The molecule has 0 fully saturated rings. The lowest BCUT2D eigenvalue weighted by atomic mass is 10.1. The Balaban J connectivity index is 1.95. The van der Waals surface area contributed by atoms with E-state index in [0.717, 1.165) is 11.1 Å². The highest BCUT2D eigenvalue weighted by Gasteiger charge is 2.19. The van der Waals surface area contributed by atoms with E-state index in [1.54, 1.807) is 0 Å². The molecule has 0 spiro atoms. The maximum absolute atomic E-state index is 12.7. The van der Waals surface area contributed by atoms with Crippen LogP contribution in [0.25, 0.3) is 0 Å². The molecular weight excluding hydrogens is 346 g/mol. The highest BCUT2D eigenvalue weighted by atomic mass is 16.5. The second kappa shape index (κ2) is 9.85. The fraction of sp³-hybridized carbons (Fsp3) is 0.500. The second-order valence-corrected chi connectivity index (χ2v) is 6.81. The van der Waals surface area contributed by atoms with Gasteiger partial charge in [0.05, 0.1) is 7.11 Å². The summed E-state index contributed by atoms with van der Waals surface area (Å²) in [6, 6.07) is 7.81. The van der Waals surface area contributed by atoms with Crippen molar-refractivity contribution in [2.75, 3.05) is 13.7 Å². The molecule has 1 amide bonds. The first-order valence-corrected chi connectivity index (χ1v) is 9.12. The molecule has 7 heteroatoms. The maximum Gasteiger partial charge on any atom is 0.325 e. The van der Waals surface area contributed by atoms with Gasteiger partial charge in [-0.05, 0) is 24.5 Å². The Labute approximate surface area is 159 Å². The minimum atomic E-state index is -0.435. The van der Waals surface area contributed by atoms with E-state index in [4.69, 9.17) is 9.26 Å². The number of aryl methyl sites for hydroxylation is 2. The van der Waals surface area contributed by atoms with Gasteiger partial charge in [-0.2, -0.15) is 4.98 Å². The minimum Gasteiger partial charge on any atom is -0.468 e. The summed E-state index contributed by atoms with van der Waals surface area (Å²) in [5, 5.41) is 3.92. The molecule has 7 nitrogen and oxygen atoms in total. The molecule has 2 rings (SSSR count). The summed E-state index contributed by atoms with van der Waals surface area (Å²) in [7, 11) is 1.32. The van der Waals surface area contributed by atoms with Gasteiger partial charge in [-0.15, -0.1) is 0 Å². The number of ether oxygens (including phenoxy) is 1. The van der Waals surface area contributed by atoms with Crippen molar-refractivity contribution in [2.24, 2.45) is 0 Å². The van der Waals surface area contributed by atoms with Crippen molar-refractivity contribution >= 4 is 11.9 Å². The van der Waals surface area contributed by atoms with Gasteiger partial charge in [-0.1, -0.05) is 43.3 Å². The number of nitrogens with zero attached hydrogens (tertiary/aromatic N) is 3. The Morgan fingerprint density at radius 1 is 1.26 bits per heavy atom. The molecule has 0 aliphatic rings. The van der Waals surface area contributed by atoms with E-state index in [2.05, 4.69) is 10.1 Å². The molecule has 2 aromatic rings. The number of hydrogen-bond acceptors (Lipinski definition) is 6. The number of aromatic nitrogens is 2. The Morgan fingerprint density at radius 3 is 2.63 bits per heavy atom. The summed E-state index contributed by atoms with van der Waals surface area (Å²) in [5.74, 6) is 0.865. The zero-order chi connectivity index (χ0) is 19.8. The van der Waals surface area contributed by atoms with Gasteiger partial charge < -0.3 is 14.2 Å². The van der Waals surface area contributed by atoms with Gasteiger partial charge in [0.1, 0.15) is 6.54 Å². The van der Waals surface area contributed by atoms with E-state index in [1.165, 1.54) is 12.0 Å². The quantitative estimate of drug-likeness (QED) is 0.628. The summed E-state index contributed by atoms with van der Waals surface area (Å²) >= 11 is 0. The lowest BCUT2D eigenvalue weighted by Crippen LogP contribution is -2.35. The standard InChI is InChI=1S/C20H27N3O4/c1-14(2)20-21-17(27-22-20)10-7-11-18(24)23(13-19(25)26-4)12-16-9-6-5-8-15(16)3/h5-6,8-9,14H,7,10-13H2,1-4H3. The van der Waals surface area contributed by atoms with Crippen molar-refractivity contribution in [1.82, 2.24) is 15.0 Å². The SMILES string of the molecule is COC(=O)CN(Cc1ccccc1C)C(=O)CCCc1nc(C(C)C)no1. The summed E-state index contributed by atoms with van der Waals surface area (Å²) in [4.78, 5) is 30.2. The zero-order valence-electron chi connectivity index (χ0n) is 16.4. The van der Waals surface area contributed by atoms with Gasteiger partial charge in [0, 0.05) is 25.3 Å². The Bertz CT molecular complexity index is 770. The lowest BCUT2D eigenvalue weighted by molar-refractivity contribution is -0.147. The summed E-state index contributed by atoms with van der Waals surface area (Å²) in [6.45, 7) is 6.28. The van der Waals surface area contributed by atoms with Crippen LogP contribution in [0.1, 0.15) is 55.4 Å². The molecule has 1 aromatic carbocycles. The fourth-order valence-corrected chi connectivity index (χ4v) is 2.60. The second-order valence-electron chi connectivity index (χ2n) is 6.81. The van der Waals surface area contributed by atoms with E-state index < -0.39 is 5.97 Å². The number of hydrogen-bond donors (Lipinski definition) is 0. The molecule has 27 heavy (non-hydrogen) atoms. The van der Waals surface area contributed by atoms with Crippen molar-refractivity contribution < 1.29 is 18.8 Å². The van der Waals surface area contributed by atoms with Crippen LogP contribution in [0.3, 0.4) is 0 Å². The van der Waals surface area contributed by atoms with Gasteiger partial charge in [0.25, 0.3) is 0 Å². The summed E-state index contributed by atoms with van der Waals surface area (Å²) in [5.41, 5.74) is 2.08. The summed E-state index contributed by atoms with van der Waals surface area (Å²) in [6.07, 6.45) is 1.40. The molecule has 1 aromatic heterocycles. The van der Waals surface area contributed by atoms with Gasteiger partial charge in [-0.25, -0.2) is 0 Å². The van der Waals surface area contributed by atoms with Crippen LogP contribution in [0.4, 0.5) is 0 Å². The van der Waals surface area contributed by atoms with Crippen molar-refractivity contribution in [2.45, 2.75) is 52.5 Å². The number of methoxy groups -OCH3 is 1. The predicted molar refractivity (Wildman–Crippen MR) is 99.9 cm³/mol. The first kappa shape index (κ1) is 20.6. The molecule has 0 aliphatic carbocycles. The van der Waals surface area contributed by atoms with E-state index in [1.807, 2.05) is 45.0 Å². The van der Waals surface area contributed by atoms with Crippen LogP contribution in [0, 0.1) is 6.92 Å². The molecular formula is C20H27N3O4. The average molecular weight is 373 g/mol. The van der Waals surface area contributed by atoms with E-state index in [9.17, 15) is 9.59 Å². The number of rotatable bonds is 9. The highest BCUT2D eigenvalue weighted by molar-refractivity contribution is 5.82. The van der Waals surface area contributed by atoms with Crippen LogP contribution in [-0.2, 0) is 27.3 Å². The van der Waals surface area contributed by atoms with Crippen LogP contribution < -0.4 is 0 Å².